The quantitative estimate of drug-likeness (QED) is 0.643. The van der Waals surface area contributed by atoms with Crippen molar-refractivity contribution in [3.8, 4) is 0 Å². The number of aryl methyl sites for hydroxylation is 1. The van der Waals surface area contributed by atoms with Gasteiger partial charge < -0.3 is 14.9 Å². The zero-order chi connectivity index (χ0) is 15.9. The Labute approximate surface area is 136 Å². The van der Waals surface area contributed by atoms with E-state index in [-0.39, 0.29) is 5.56 Å². The molecule has 114 valence electrons. The zero-order valence-electron chi connectivity index (χ0n) is 12.2. The molecule has 3 aromatic rings. The topological polar surface area (TPSA) is 65.6 Å². The number of H-pyrrole nitrogens is 2. The van der Waals surface area contributed by atoms with Crippen LogP contribution in [0.1, 0.15) is 11.1 Å². The Bertz CT molecular complexity index is 970. The average molecular weight is 335 g/mol. The first-order valence-electron chi connectivity index (χ1n) is 6.78. The lowest BCUT2D eigenvalue weighted by atomic mass is 10.2. The highest BCUT2D eigenvalue weighted by Crippen LogP contribution is 2.24. The lowest BCUT2D eigenvalue weighted by Crippen LogP contribution is -2.15. The molecule has 1 aromatic carbocycles. The summed E-state index contributed by atoms with van der Waals surface area (Å²) < 4.78 is 2.32. The summed E-state index contributed by atoms with van der Waals surface area (Å²) >= 11 is 11.4. The summed E-state index contributed by atoms with van der Waals surface area (Å²) in [5, 5.41) is 3.72. The Morgan fingerprint density at radius 2 is 2.18 bits per heavy atom. The van der Waals surface area contributed by atoms with Crippen LogP contribution in [0.25, 0.3) is 11.0 Å². The van der Waals surface area contributed by atoms with Crippen molar-refractivity contribution in [2.45, 2.75) is 13.5 Å². The van der Waals surface area contributed by atoms with E-state index in [1.807, 2.05) is 42.9 Å². The Morgan fingerprint density at radius 1 is 1.41 bits per heavy atom. The second-order valence-corrected chi connectivity index (χ2v) is 5.90. The Hall–Kier alpha value is -2.05. The summed E-state index contributed by atoms with van der Waals surface area (Å²) in [6, 6.07) is 5.77. The smallest absolute Gasteiger partial charge is 0.276 e. The van der Waals surface area contributed by atoms with Crippen LogP contribution < -0.4 is 10.9 Å². The molecule has 22 heavy (non-hydrogen) atoms. The van der Waals surface area contributed by atoms with Crippen LogP contribution in [0.15, 0.2) is 29.2 Å². The maximum Gasteiger partial charge on any atom is 0.276 e. The van der Waals surface area contributed by atoms with Gasteiger partial charge in [0, 0.05) is 13.2 Å². The minimum absolute atomic E-state index is 0.198. The van der Waals surface area contributed by atoms with E-state index in [2.05, 4.69) is 15.3 Å². The number of nitrogens with zero attached hydrogens (tertiary/aromatic N) is 1. The van der Waals surface area contributed by atoms with E-state index < -0.39 is 0 Å². The lowest BCUT2D eigenvalue weighted by Gasteiger charge is -2.12. The molecule has 0 aliphatic rings. The standard InChI is InChI=1S/C15H15ClN4OS/c1-8-6-18-12-13(8)20(15(22)19-14(12)21)7-9-3-4-10(16)11(5-9)17-2/h3-6,17-18H,7H2,1-2H3,(H,19,21,22). The van der Waals surface area contributed by atoms with Crippen LogP contribution in [-0.4, -0.2) is 21.6 Å². The first-order valence-corrected chi connectivity index (χ1v) is 7.57. The number of benzene rings is 1. The van der Waals surface area contributed by atoms with E-state index >= 15 is 0 Å². The van der Waals surface area contributed by atoms with Gasteiger partial charge in [-0.25, -0.2) is 0 Å². The maximum absolute atomic E-state index is 12.0. The molecule has 0 atom stereocenters. The summed E-state index contributed by atoms with van der Waals surface area (Å²) in [6.45, 7) is 2.50. The molecule has 0 saturated carbocycles. The van der Waals surface area contributed by atoms with Crippen molar-refractivity contribution >= 4 is 40.5 Å². The van der Waals surface area contributed by atoms with Crippen LogP contribution in [0, 0.1) is 11.7 Å². The Morgan fingerprint density at radius 3 is 2.91 bits per heavy atom. The molecule has 2 heterocycles. The highest BCUT2D eigenvalue weighted by atomic mass is 35.5. The molecule has 0 aliphatic carbocycles. The van der Waals surface area contributed by atoms with Crippen molar-refractivity contribution in [2.24, 2.45) is 0 Å². The van der Waals surface area contributed by atoms with Gasteiger partial charge >= 0.3 is 0 Å². The summed E-state index contributed by atoms with van der Waals surface area (Å²) in [4.78, 5) is 17.7. The Balaban J connectivity index is 2.17. The number of aromatic nitrogens is 3. The summed E-state index contributed by atoms with van der Waals surface area (Å²) in [7, 11) is 1.82. The van der Waals surface area contributed by atoms with Crippen LogP contribution >= 0.6 is 23.8 Å². The third-order valence-electron chi connectivity index (χ3n) is 3.65. The van der Waals surface area contributed by atoms with E-state index in [0.29, 0.717) is 21.9 Å². The third-order valence-corrected chi connectivity index (χ3v) is 4.30. The molecule has 0 spiro atoms. The number of halogens is 1. The number of anilines is 1. The fourth-order valence-corrected chi connectivity index (χ4v) is 3.02. The summed E-state index contributed by atoms with van der Waals surface area (Å²) in [6.07, 6.45) is 1.81. The van der Waals surface area contributed by atoms with Crippen LogP contribution in [-0.2, 0) is 6.54 Å². The molecule has 0 fully saturated rings. The molecule has 5 nitrogen and oxygen atoms in total. The fourth-order valence-electron chi connectivity index (χ4n) is 2.56. The lowest BCUT2D eigenvalue weighted by molar-refractivity contribution is 0.781. The van der Waals surface area contributed by atoms with Crippen LogP contribution in [0.3, 0.4) is 0 Å². The molecule has 0 radical (unpaired) electrons. The van der Waals surface area contributed by atoms with Gasteiger partial charge in [0.1, 0.15) is 5.52 Å². The van der Waals surface area contributed by atoms with Crippen molar-refractivity contribution in [3.05, 3.63) is 55.7 Å². The monoisotopic (exact) mass is 334 g/mol. The van der Waals surface area contributed by atoms with Gasteiger partial charge in [0.25, 0.3) is 5.56 Å². The SMILES string of the molecule is CNc1cc(Cn2c(=S)[nH]c(=O)c3[nH]cc(C)c32)ccc1Cl. The van der Waals surface area contributed by atoms with E-state index in [4.69, 9.17) is 23.8 Å². The first-order chi connectivity index (χ1) is 10.5. The van der Waals surface area contributed by atoms with Crippen LogP contribution in [0.5, 0.6) is 0 Å². The Kier molecular flexibility index (Phi) is 3.80. The molecular weight excluding hydrogens is 320 g/mol. The normalized spacial score (nSPS) is 11.0. The number of rotatable bonds is 3. The van der Waals surface area contributed by atoms with Crippen LogP contribution in [0.2, 0.25) is 5.02 Å². The molecule has 0 amide bonds. The van der Waals surface area contributed by atoms with Gasteiger partial charge in [-0.15, -0.1) is 0 Å². The molecule has 0 unspecified atom stereocenters. The van der Waals surface area contributed by atoms with E-state index in [9.17, 15) is 4.79 Å². The molecule has 0 bridgehead atoms. The molecule has 3 N–H and O–H groups in total. The highest BCUT2D eigenvalue weighted by molar-refractivity contribution is 7.71. The maximum atomic E-state index is 12.0. The van der Waals surface area contributed by atoms with Gasteiger partial charge in [-0.2, -0.15) is 0 Å². The van der Waals surface area contributed by atoms with Crippen molar-refractivity contribution in [1.82, 2.24) is 14.5 Å². The summed E-state index contributed by atoms with van der Waals surface area (Å²) in [5.41, 5.74) is 4.05. The van der Waals surface area contributed by atoms with E-state index in [1.54, 1.807) is 0 Å². The van der Waals surface area contributed by atoms with Gasteiger partial charge in [0.2, 0.25) is 0 Å². The average Bonchev–Trinajstić information content (AvgIpc) is 2.87. The minimum atomic E-state index is -0.198. The van der Waals surface area contributed by atoms with Crippen molar-refractivity contribution in [2.75, 3.05) is 12.4 Å². The molecular formula is C15H15ClN4OS. The molecule has 2 aromatic heterocycles. The van der Waals surface area contributed by atoms with Gasteiger partial charge in [-0.05, 0) is 42.4 Å². The summed E-state index contributed by atoms with van der Waals surface area (Å²) in [5.74, 6) is 0. The van der Waals surface area contributed by atoms with Crippen molar-refractivity contribution in [3.63, 3.8) is 0 Å². The van der Waals surface area contributed by atoms with Crippen LogP contribution in [0.4, 0.5) is 5.69 Å². The molecule has 0 aliphatic heterocycles. The molecule has 7 heteroatoms. The highest BCUT2D eigenvalue weighted by Gasteiger charge is 2.11. The largest absolute Gasteiger partial charge is 0.387 e. The minimum Gasteiger partial charge on any atom is -0.387 e. The van der Waals surface area contributed by atoms with E-state index in [0.717, 1.165) is 22.3 Å². The second kappa shape index (κ2) is 5.62. The van der Waals surface area contributed by atoms with Gasteiger partial charge in [-0.1, -0.05) is 17.7 Å². The second-order valence-electron chi connectivity index (χ2n) is 5.10. The van der Waals surface area contributed by atoms with E-state index in [1.165, 1.54) is 0 Å². The number of fused-ring (bicyclic) bond motifs is 1. The molecule has 0 saturated heterocycles. The van der Waals surface area contributed by atoms with Crippen molar-refractivity contribution < 1.29 is 0 Å². The first kappa shape index (κ1) is 14.9. The third kappa shape index (κ3) is 2.44. The van der Waals surface area contributed by atoms with Gasteiger partial charge in [-0.3, -0.25) is 9.78 Å². The van der Waals surface area contributed by atoms with Gasteiger partial charge in [0.05, 0.1) is 22.8 Å². The molecule has 3 rings (SSSR count). The number of hydrogen-bond donors (Lipinski definition) is 3. The number of nitrogens with one attached hydrogen (secondary N) is 3. The number of aromatic amines is 2. The zero-order valence-corrected chi connectivity index (χ0v) is 13.7. The fraction of sp³-hybridized carbons (Fsp3) is 0.200. The predicted molar refractivity (Wildman–Crippen MR) is 92.6 cm³/mol. The predicted octanol–water partition coefficient (Wildman–Crippen LogP) is 3.44. The van der Waals surface area contributed by atoms with Crippen molar-refractivity contribution in [1.29, 1.82) is 0 Å². The number of hydrogen-bond acceptors (Lipinski definition) is 3. The van der Waals surface area contributed by atoms with Gasteiger partial charge in [0.15, 0.2) is 4.77 Å².